The Kier molecular flexibility index (Phi) is 3.14. The van der Waals surface area contributed by atoms with Gasteiger partial charge < -0.3 is 9.79 Å². The van der Waals surface area contributed by atoms with Crippen LogP contribution in [0.4, 0.5) is 5.69 Å². The summed E-state index contributed by atoms with van der Waals surface area (Å²) in [6.45, 7) is 2.07. The molecule has 1 N–H and O–H groups in total. The first-order chi connectivity index (χ1) is 6.19. The molecule has 1 rings (SSSR count). The van der Waals surface area contributed by atoms with Gasteiger partial charge in [0.05, 0.1) is 0 Å². The monoisotopic (exact) mass is 181 g/mol. The number of hydrogen-bond donors (Lipinski definition) is 1. The normalized spacial score (nSPS) is 9.85. The van der Waals surface area contributed by atoms with Crippen molar-refractivity contribution in [3.8, 4) is 5.75 Å². The molecule has 3 heteroatoms. The lowest BCUT2D eigenvalue weighted by atomic mass is 10.1. The lowest BCUT2D eigenvalue weighted by Gasteiger charge is -2.16. The largest absolute Gasteiger partial charge is 0.377 e. The van der Waals surface area contributed by atoms with Gasteiger partial charge in [-0.2, -0.15) is 0 Å². The van der Waals surface area contributed by atoms with Crippen molar-refractivity contribution < 1.29 is 10.1 Å². The molecule has 13 heavy (non-hydrogen) atoms. The van der Waals surface area contributed by atoms with Crippen LogP contribution in [0.2, 0.25) is 0 Å². The van der Waals surface area contributed by atoms with Crippen molar-refractivity contribution in [1.29, 1.82) is 0 Å². The molecule has 0 aliphatic carbocycles. The molecule has 0 saturated heterocycles. The highest BCUT2D eigenvalue weighted by Crippen LogP contribution is 2.24. The van der Waals surface area contributed by atoms with Crippen LogP contribution in [0.1, 0.15) is 12.5 Å². The molecule has 1 aromatic carbocycles. The number of nitrogens with zero attached hydrogens (tertiary/aromatic N) is 1. The van der Waals surface area contributed by atoms with Gasteiger partial charge in [0.15, 0.2) is 5.75 Å². The molecule has 3 nitrogen and oxygen atoms in total. The number of hydrogen-bond acceptors (Lipinski definition) is 3. The zero-order valence-electron chi connectivity index (χ0n) is 8.24. The van der Waals surface area contributed by atoms with Gasteiger partial charge in [0.1, 0.15) is 0 Å². The number of anilines is 1. The maximum absolute atomic E-state index is 8.47. The second kappa shape index (κ2) is 4.14. The summed E-state index contributed by atoms with van der Waals surface area (Å²) in [4.78, 5) is 6.21. The maximum Gasteiger partial charge on any atom is 0.165 e. The molecule has 0 heterocycles. The standard InChI is InChI=1S/C10H15NO2/c1-4-8-7-9(13-12)5-6-10(8)11(2)3/h5-7,12H,4H2,1-3H3. The molecular weight excluding hydrogens is 166 g/mol. The topological polar surface area (TPSA) is 32.7 Å². The molecule has 0 saturated carbocycles. The van der Waals surface area contributed by atoms with Crippen LogP contribution < -0.4 is 9.79 Å². The van der Waals surface area contributed by atoms with Crippen LogP contribution in [0.25, 0.3) is 0 Å². The molecular formula is C10H15NO2. The Morgan fingerprint density at radius 2 is 2.08 bits per heavy atom. The third kappa shape index (κ3) is 2.12. The molecule has 0 spiro atoms. The van der Waals surface area contributed by atoms with Gasteiger partial charge in [0, 0.05) is 19.8 Å². The summed E-state index contributed by atoms with van der Waals surface area (Å²) >= 11 is 0. The Balaban J connectivity index is 3.08. The van der Waals surface area contributed by atoms with Crippen LogP contribution in [0.3, 0.4) is 0 Å². The van der Waals surface area contributed by atoms with Gasteiger partial charge in [0.2, 0.25) is 0 Å². The summed E-state index contributed by atoms with van der Waals surface area (Å²) in [6.07, 6.45) is 0.921. The Hall–Kier alpha value is -1.22. The van der Waals surface area contributed by atoms with Crippen LogP contribution in [0.5, 0.6) is 5.75 Å². The second-order valence-corrected chi connectivity index (χ2v) is 3.13. The van der Waals surface area contributed by atoms with Crippen LogP contribution >= 0.6 is 0 Å². The first-order valence-electron chi connectivity index (χ1n) is 4.30. The van der Waals surface area contributed by atoms with E-state index in [-0.39, 0.29) is 0 Å². The fourth-order valence-electron chi connectivity index (χ4n) is 1.34. The van der Waals surface area contributed by atoms with Gasteiger partial charge in [-0.1, -0.05) is 6.92 Å². The van der Waals surface area contributed by atoms with E-state index in [9.17, 15) is 0 Å². The van der Waals surface area contributed by atoms with Crippen molar-refractivity contribution in [3.05, 3.63) is 23.8 Å². The highest BCUT2D eigenvalue weighted by atomic mass is 17.1. The minimum absolute atomic E-state index is 0.488. The van der Waals surface area contributed by atoms with Gasteiger partial charge in [-0.05, 0) is 30.2 Å². The maximum atomic E-state index is 8.47. The number of rotatable bonds is 3. The Morgan fingerprint density at radius 1 is 1.38 bits per heavy atom. The summed E-state index contributed by atoms with van der Waals surface area (Å²) in [5, 5.41) is 8.47. The minimum atomic E-state index is 0.488. The predicted molar refractivity (Wildman–Crippen MR) is 53.4 cm³/mol. The summed E-state index contributed by atoms with van der Waals surface area (Å²) < 4.78 is 0. The molecule has 0 aromatic heterocycles. The Morgan fingerprint density at radius 3 is 2.54 bits per heavy atom. The average molecular weight is 181 g/mol. The van der Waals surface area contributed by atoms with E-state index in [2.05, 4.69) is 11.8 Å². The van der Waals surface area contributed by atoms with E-state index < -0.39 is 0 Å². The molecule has 1 aromatic rings. The van der Waals surface area contributed by atoms with Crippen LogP contribution in [-0.2, 0) is 6.42 Å². The smallest absolute Gasteiger partial charge is 0.165 e. The zero-order chi connectivity index (χ0) is 9.84. The number of benzene rings is 1. The molecule has 0 unspecified atom stereocenters. The van der Waals surface area contributed by atoms with E-state index in [4.69, 9.17) is 5.26 Å². The van der Waals surface area contributed by atoms with Crippen LogP contribution in [-0.4, -0.2) is 19.4 Å². The quantitative estimate of drug-likeness (QED) is 0.573. The van der Waals surface area contributed by atoms with E-state index in [0.717, 1.165) is 17.7 Å². The Bertz CT molecular complexity index is 284. The van der Waals surface area contributed by atoms with Gasteiger partial charge in [-0.25, -0.2) is 5.26 Å². The van der Waals surface area contributed by atoms with Gasteiger partial charge >= 0.3 is 0 Å². The zero-order valence-corrected chi connectivity index (χ0v) is 8.24. The highest BCUT2D eigenvalue weighted by Gasteiger charge is 2.04. The van der Waals surface area contributed by atoms with Gasteiger partial charge in [0.25, 0.3) is 0 Å². The van der Waals surface area contributed by atoms with E-state index in [0.29, 0.717) is 5.75 Å². The van der Waals surface area contributed by atoms with Crippen molar-refractivity contribution in [1.82, 2.24) is 0 Å². The van der Waals surface area contributed by atoms with Crippen molar-refractivity contribution in [2.45, 2.75) is 13.3 Å². The number of aryl methyl sites for hydroxylation is 1. The van der Waals surface area contributed by atoms with Crippen molar-refractivity contribution in [2.75, 3.05) is 19.0 Å². The van der Waals surface area contributed by atoms with E-state index in [1.807, 2.05) is 31.1 Å². The summed E-state index contributed by atoms with van der Waals surface area (Å²) in [5.41, 5.74) is 2.32. The summed E-state index contributed by atoms with van der Waals surface area (Å²) in [7, 11) is 3.99. The van der Waals surface area contributed by atoms with E-state index in [1.165, 1.54) is 0 Å². The highest BCUT2D eigenvalue weighted by molar-refractivity contribution is 5.55. The van der Waals surface area contributed by atoms with Crippen molar-refractivity contribution in [3.63, 3.8) is 0 Å². The third-order valence-corrected chi connectivity index (χ3v) is 2.02. The van der Waals surface area contributed by atoms with Crippen molar-refractivity contribution >= 4 is 5.69 Å². The molecule has 0 bridgehead atoms. The third-order valence-electron chi connectivity index (χ3n) is 2.02. The van der Waals surface area contributed by atoms with Crippen molar-refractivity contribution in [2.24, 2.45) is 0 Å². The average Bonchev–Trinajstić information content (AvgIpc) is 2.16. The lowest BCUT2D eigenvalue weighted by Crippen LogP contribution is -2.11. The lowest BCUT2D eigenvalue weighted by molar-refractivity contribution is -0.137. The fourth-order valence-corrected chi connectivity index (χ4v) is 1.34. The molecule has 72 valence electrons. The predicted octanol–water partition coefficient (Wildman–Crippen LogP) is 2.17. The second-order valence-electron chi connectivity index (χ2n) is 3.13. The van der Waals surface area contributed by atoms with Crippen LogP contribution in [0, 0.1) is 0 Å². The minimum Gasteiger partial charge on any atom is -0.377 e. The summed E-state index contributed by atoms with van der Waals surface area (Å²) in [5.74, 6) is 0.488. The fraction of sp³-hybridized carbons (Fsp3) is 0.400. The van der Waals surface area contributed by atoms with E-state index >= 15 is 0 Å². The molecule has 0 aliphatic heterocycles. The Labute approximate surface area is 78.5 Å². The molecule has 0 aliphatic rings. The first-order valence-corrected chi connectivity index (χ1v) is 4.30. The molecule has 0 atom stereocenters. The van der Waals surface area contributed by atoms with Crippen LogP contribution in [0.15, 0.2) is 18.2 Å². The molecule has 0 amide bonds. The molecule has 0 radical (unpaired) electrons. The van der Waals surface area contributed by atoms with Gasteiger partial charge in [-0.15, -0.1) is 0 Å². The first kappa shape index (κ1) is 9.86. The van der Waals surface area contributed by atoms with Gasteiger partial charge in [-0.3, -0.25) is 0 Å². The molecule has 0 fully saturated rings. The SMILES string of the molecule is CCc1cc(OO)ccc1N(C)C. The summed E-state index contributed by atoms with van der Waals surface area (Å²) in [6, 6.07) is 5.52. The van der Waals surface area contributed by atoms with E-state index in [1.54, 1.807) is 6.07 Å².